The van der Waals surface area contributed by atoms with Gasteiger partial charge in [-0.05, 0) is 55.3 Å². The van der Waals surface area contributed by atoms with Gasteiger partial charge in [0.1, 0.15) is 0 Å². The summed E-state index contributed by atoms with van der Waals surface area (Å²) in [5.74, 6) is 1.49. The van der Waals surface area contributed by atoms with Gasteiger partial charge in [0.25, 0.3) is 0 Å². The van der Waals surface area contributed by atoms with Gasteiger partial charge in [-0.1, -0.05) is 41.9 Å². The topological polar surface area (TPSA) is 12.0 Å². The van der Waals surface area contributed by atoms with Crippen LogP contribution in [0.1, 0.15) is 32.3 Å². The average molecular weight is 296 g/mol. The van der Waals surface area contributed by atoms with E-state index < -0.39 is 0 Å². The molecule has 0 amide bonds. The van der Waals surface area contributed by atoms with Gasteiger partial charge in [0, 0.05) is 10.5 Å². The lowest BCUT2D eigenvalue weighted by molar-refractivity contribution is 0.359. The lowest BCUT2D eigenvalue weighted by Gasteiger charge is -2.21. The highest BCUT2D eigenvalue weighted by atomic mass is 79.9. The monoisotopic (exact) mass is 295 g/mol. The van der Waals surface area contributed by atoms with Crippen molar-refractivity contribution in [2.75, 3.05) is 6.54 Å². The first-order valence-electron chi connectivity index (χ1n) is 6.63. The number of rotatable bonds is 6. The van der Waals surface area contributed by atoms with Crippen molar-refractivity contribution in [1.29, 1.82) is 0 Å². The molecule has 1 fully saturated rings. The van der Waals surface area contributed by atoms with E-state index in [2.05, 4.69) is 59.4 Å². The molecule has 94 valence electrons. The predicted octanol–water partition coefficient (Wildman–Crippen LogP) is 4.02. The van der Waals surface area contributed by atoms with Crippen molar-refractivity contribution in [2.45, 2.75) is 39.2 Å². The zero-order valence-corrected chi connectivity index (χ0v) is 12.3. The first kappa shape index (κ1) is 13.1. The molecule has 1 atom stereocenters. The van der Waals surface area contributed by atoms with E-state index in [0.29, 0.717) is 0 Å². The van der Waals surface area contributed by atoms with Gasteiger partial charge >= 0.3 is 0 Å². The van der Waals surface area contributed by atoms with Crippen molar-refractivity contribution in [3.63, 3.8) is 0 Å². The van der Waals surface area contributed by atoms with Crippen LogP contribution < -0.4 is 5.32 Å². The Bertz CT molecular complexity index is 340. The van der Waals surface area contributed by atoms with Crippen molar-refractivity contribution in [3.8, 4) is 0 Å². The fourth-order valence-corrected chi connectivity index (χ4v) is 2.34. The minimum Gasteiger partial charge on any atom is -0.314 e. The van der Waals surface area contributed by atoms with Crippen LogP contribution in [-0.4, -0.2) is 12.6 Å². The van der Waals surface area contributed by atoms with Crippen molar-refractivity contribution < 1.29 is 0 Å². The van der Waals surface area contributed by atoms with E-state index in [0.717, 1.165) is 17.9 Å². The number of halogens is 1. The largest absolute Gasteiger partial charge is 0.314 e. The fourth-order valence-electron chi connectivity index (χ4n) is 2.07. The Labute approximate surface area is 113 Å². The lowest BCUT2D eigenvalue weighted by Crippen LogP contribution is -2.29. The summed E-state index contributed by atoms with van der Waals surface area (Å²) in [5, 5.41) is 3.66. The molecule has 1 aromatic carbocycles. The van der Waals surface area contributed by atoms with Crippen LogP contribution >= 0.6 is 15.9 Å². The SMILES string of the molecule is CC(C)C(CNC1CC1)Cc1ccc(Br)cc1. The Morgan fingerprint density at radius 3 is 2.41 bits per heavy atom. The van der Waals surface area contributed by atoms with Gasteiger partial charge in [0.2, 0.25) is 0 Å². The molecule has 0 aliphatic heterocycles. The van der Waals surface area contributed by atoms with Crippen molar-refractivity contribution in [3.05, 3.63) is 34.3 Å². The molecule has 1 saturated carbocycles. The molecule has 0 aromatic heterocycles. The van der Waals surface area contributed by atoms with Crippen molar-refractivity contribution in [2.24, 2.45) is 11.8 Å². The van der Waals surface area contributed by atoms with Crippen LogP contribution in [-0.2, 0) is 6.42 Å². The molecule has 1 unspecified atom stereocenters. The quantitative estimate of drug-likeness (QED) is 0.836. The summed E-state index contributed by atoms with van der Waals surface area (Å²) >= 11 is 3.49. The van der Waals surface area contributed by atoms with E-state index >= 15 is 0 Å². The number of hydrogen-bond acceptors (Lipinski definition) is 1. The Hall–Kier alpha value is -0.340. The summed E-state index contributed by atoms with van der Waals surface area (Å²) in [6.07, 6.45) is 3.94. The highest BCUT2D eigenvalue weighted by molar-refractivity contribution is 9.10. The second-order valence-electron chi connectivity index (χ2n) is 5.52. The number of benzene rings is 1. The maximum atomic E-state index is 3.66. The smallest absolute Gasteiger partial charge is 0.0175 e. The third-order valence-electron chi connectivity index (χ3n) is 3.60. The van der Waals surface area contributed by atoms with Crippen molar-refractivity contribution in [1.82, 2.24) is 5.32 Å². The van der Waals surface area contributed by atoms with Crippen molar-refractivity contribution >= 4 is 15.9 Å². The Morgan fingerprint density at radius 1 is 1.24 bits per heavy atom. The maximum Gasteiger partial charge on any atom is 0.0175 e. The summed E-state index contributed by atoms with van der Waals surface area (Å²) in [4.78, 5) is 0. The highest BCUT2D eigenvalue weighted by Gasteiger charge is 2.23. The molecule has 0 bridgehead atoms. The summed E-state index contributed by atoms with van der Waals surface area (Å²) in [6, 6.07) is 9.57. The van der Waals surface area contributed by atoms with E-state index in [1.54, 1.807) is 0 Å². The normalized spacial score (nSPS) is 17.4. The minimum absolute atomic E-state index is 0.741. The molecular weight excluding hydrogens is 274 g/mol. The Kier molecular flexibility index (Phi) is 4.63. The lowest BCUT2D eigenvalue weighted by atomic mass is 9.89. The average Bonchev–Trinajstić information content (AvgIpc) is 3.10. The second kappa shape index (κ2) is 6.01. The first-order chi connectivity index (χ1) is 8.15. The molecule has 2 rings (SSSR count). The van der Waals surface area contributed by atoms with Gasteiger partial charge < -0.3 is 5.32 Å². The van der Waals surface area contributed by atoms with Crippen LogP contribution in [0, 0.1) is 11.8 Å². The summed E-state index contributed by atoms with van der Waals surface area (Å²) in [6.45, 7) is 5.83. The van der Waals surface area contributed by atoms with Crippen LogP contribution in [0.15, 0.2) is 28.7 Å². The number of hydrogen-bond donors (Lipinski definition) is 1. The van der Waals surface area contributed by atoms with Crippen LogP contribution in [0.3, 0.4) is 0 Å². The molecule has 0 spiro atoms. The number of nitrogens with one attached hydrogen (secondary N) is 1. The van der Waals surface area contributed by atoms with Crippen LogP contribution in [0.4, 0.5) is 0 Å². The molecule has 0 saturated heterocycles. The summed E-state index contributed by atoms with van der Waals surface area (Å²) < 4.78 is 1.17. The van der Waals surface area contributed by atoms with E-state index in [1.165, 1.54) is 35.8 Å². The highest BCUT2D eigenvalue weighted by Crippen LogP contribution is 2.22. The molecule has 1 nitrogen and oxygen atoms in total. The van der Waals surface area contributed by atoms with Gasteiger partial charge in [-0.2, -0.15) is 0 Å². The van der Waals surface area contributed by atoms with Gasteiger partial charge in [-0.3, -0.25) is 0 Å². The molecule has 1 aliphatic rings. The Morgan fingerprint density at radius 2 is 1.88 bits per heavy atom. The van der Waals surface area contributed by atoms with Crippen LogP contribution in [0.5, 0.6) is 0 Å². The maximum absolute atomic E-state index is 3.66. The summed E-state index contributed by atoms with van der Waals surface area (Å²) in [7, 11) is 0. The molecule has 0 radical (unpaired) electrons. The third-order valence-corrected chi connectivity index (χ3v) is 4.13. The van der Waals surface area contributed by atoms with Gasteiger partial charge in [0.05, 0.1) is 0 Å². The molecule has 1 N–H and O–H groups in total. The predicted molar refractivity (Wildman–Crippen MR) is 77.2 cm³/mol. The van der Waals surface area contributed by atoms with Crippen LogP contribution in [0.25, 0.3) is 0 Å². The van der Waals surface area contributed by atoms with E-state index in [4.69, 9.17) is 0 Å². The van der Waals surface area contributed by atoms with Crippen LogP contribution in [0.2, 0.25) is 0 Å². The third kappa shape index (κ3) is 4.44. The molecule has 2 heteroatoms. The standard InChI is InChI=1S/C15H22BrN/c1-11(2)13(10-17-15-7-8-15)9-12-3-5-14(16)6-4-12/h3-6,11,13,15,17H,7-10H2,1-2H3. The molecule has 1 aromatic rings. The molecule has 0 heterocycles. The molecular formula is C15H22BrN. The minimum atomic E-state index is 0.741. The fraction of sp³-hybridized carbons (Fsp3) is 0.600. The zero-order valence-electron chi connectivity index (χ0n) is 10.7. The van der Waals surface area contributed by atoms with E-state index in [1.807, 2.05) is 0 Å². The first-order valence-corrected chi connectivity index (χ1v) is 7.42. The van der Waals surface area contributed by atoms with E-state index in [9.17, 15) is 0 Å². The zero-order chi connectivity index (χ0) is 12.3. The molecule has 1 aliphatic carbocycles. The van der Waals surface area contributed by atoms with Gasteiger partial charge in [-0.25, -0.2) is 0 Å². The molecule has 17 heavy (non-hydrogen) atoms. The Balaban J connectivity index is 1.88. The van der Waals surface area contributed by atoms with E-state index in [-0.39, 0.29) is 0 Å². The second-order valence-corrected chi connectivity index (χ2v) is 6.43. The summed E-state index contributed by atoms with van der Waals surface area (Å²) in [5.41, 5.74) is 1.45. The van der Waals surface area contributed by atoms with Gasteiger partial charge in [0.15, 0.2) is 0 Å². The van der Waals surface area contributed by atoms with Gasteiger partial charge in [-0.15, -0.1) is 0 Å².